The van der Waals surface area contributed by atoms with Crippen molar-refractivity contribution in [1.82, 2.24) is 19.4 Å². The third kappa shape index (κ3) is 5.77. The molecule has 1 amide bonds. The fourth-order valence-corrected chi connectivity index (χ4v) is 6.45. The summed E-state index contributed by atoms with van der Waals surface area (Å²) in [5.74, 6) is -2.06. The van der Waals surface area contributed by atoms with Crippen LogP contribution in [0.2, 0.25) is 0 Å². The molecule has 1 aliphatic carbocycles. The first-order valence-corrected chi connectivity index (χ1v) is 14.5. The van der Waals surface area contributed by atoms with Gasteiger partial charge in [-0.25, -0.2) is 13.8 Å². The average Bonchev–Trinajstić information content (AvgIpc) is 2.97. The number of aromatic nitrogens is 2. The van der Waals surface area contributed by atoms with Crippen LogP contribution >= 0.6 is 0 Å². The highest BCUT2D eigenvalue weighted by atomic mass is 19.3. The van der Waals surface area contributed by atoms with E-state index in [0.29, 0.717) is 44.8 Å². The van der Waals surface area contributed by atoms with Crippen molar-refractivity contribution >= 4 is 22.6 Å². The molecule has 1 aromatic carbocycles. The van der Waals surface area contributed by atoms with E-state index in [9.17, 15) is 18.4 Å². The molecule has 0 radical (unpaired) electrons. The summed E-state index contributed by atoms with van der Waals surface area (Å²) in [6.07, 6.45) is 3.57. The van der Waals surface area contributed by atoms with Crippen molar-refractivity contribution in [3.63, 3.8) is 0 Å². The van der Waals surface area contributed by atoms with Crippen LogP contribution in [0.15, 0.2) is 66.1 Å². The summed E-state index contributed by atoms with van der Waals surface area (Å²) in [5, 5.41) is 4.36. The third-order valence-corrected chi connectivity index (χ3v) is 8.82. The first-order valence-electron chi connectivity index (χ1n) is 14.5. The Morgan fingerprint density at radius 2 is 1.66 bits per heavy atom. The molecular formula is C32H39F2N5O2. The Bertz CT molecular complexity index is 1470. The lowest BCUT2D eigenvalue weighted by Gasteiger charge is -2.51. The molecule has 1 atom stereocenters. The van der Waals surface area contributed by atoms with Gasteiger partial charge in [-0.15, -0.1) is 0 Å². The number of nitrogens with zero attached hydrogens (tertiary/aromatic N) is 4. The molecule has 9 heteroatoms. The van der Waals surface area contributed by atoms with E-state index in [4.69, 9.17) is 0 Å². The summed E-state index contributed by atoms with van der Waals surface area (Å²) in [4.78, 5) is 33.2. The van der Waals surface area contributed by atoms with Gasteiger partial charge < -0.3 is 14.8 Å². The van der Waals surface area contributed by atoms with E-state index < -0.39 is 11.5 Å². The van der Waals surface area contributed by atoms with Crippen LogP contribution in [0.5, 0.6) is 0 Å². The summed E-state index contributed by atoms with van der Waals surface area (Å²) < 4.78 is 30.4. The van der Waals surface area contributed by atoms with Gasteiger partial charge in [0, 0.05) is 80.4 Å². The van der Waals surface area contributed by atoms with E-state index in [1.807, 2.05) is 26.8 Å². The van der Waals surface area contributed by atoms with Crippen molar-refractivity contribution < 1.29 is 13.6 Å². The van der Waals surface area contributed by atoms with Crippen LogP contribution in [0.3, 0.4) is 0 Å². The van der Waals surface area contributed by atoms with Gasteiger partial charge in [0.15, 0.2) is 0 Å². The lowest BCUT2D eigenvalue weighted by molar-refractivity contribution is -0.130. The van der Waals surface area contributed by atoms with Gasteiger partial charge in [-0.05, 0) is 56.9 Å². The second-order valence-corrected chi connectivity index (χ2v) is 11.7. The van der Waals surface area contributed by atoms with E-state index in [2.05, 4.69) is 46.0 Å². The zero-order valence-electron chi connectivity index (χ0n) is 24.1. The fraction of sp³-hybridized carbons (Fsp3) is 0.469. The minimum Gasteiger partial charge on any atom is -0.363 e. The van der Waals surface area contributed by atoms with E-state index >= 15 is 0 Å². The van der Waals surface area contributed by atoms with Gasteiger partial charge in [0.1, 0.15) is 5.82 Å². The number of benzene rings is 1. The maximum atomic E-state index is 14.3. The quantitative estimate of drug-likeness (QED) is 0.364. The highest BCUT2D eigenvalue weighted by molar-refractivity contribution is 5.87. The summed E-state index contributed by atoms with van der Waals surface area (Å²) in [6.45, 7) is 12.0. The Morgan fingerprint density at radius 3 is 2.27 bits per heavy atom. The SMILES string of the molecule is C=CC(=O)N1CCN(C2(c3ccc([C@H](C)Nc4cc5c(ccc(=O)n5C(C)C)cn4)cc3)CCC(F)(F)CC2)CC1. The Kier molecular flexibility index (Phi) is 8.01. The normalized spacial score (nSPS) is 19.7. The van der Waals surface area contributed by atoms with Gasteiger partial charge in [0.05, 0.1) is 5.52 Å². The summed E-state index contributed by atoms with van der Waals surface area (Å²) in [6, 6.07) is 13.5. The smallest absolute Gasteiger partial charge is 0.251 e. The minimum atomic E-state index is -2.64. The Balaban J connectivity index is 1.37. The molecule has 218 valence electrons. The Hall–Kier alpha value is -3.59. The fourth-order valence-electron chi connectivity index (χ4n) is 6.45. The molecule has 2 fully saturated rings. The van der Waals surface area contributed by atoms with Crippen LogP contribution in [0, 0.1) is 0 Å². The van der Waals surface area contributed by atoms with E-state index in [0.717, 1.165) is 22.0 Å². The van der Waals surface area contributed by atoms with E-state index in [1.54, 1.807) is 27.8 Å². The number of piperazine rings is 1. The highest BCUT2D eigenvalue weighted by Gasteiger charge is 2.48. The van der Waals surface area contributed by atoms with Gasteiger partial charge in [-0.1, -0.05) is 30.8 Å². The van der Waals surface area contributed by atoms with Crippen molar-refractivity contribution in [3.8, 4) is 0 Å². The van der Waals surface area contributed by atoms with E-state index in [-0.39, 0.29) is 36.4 Å². The first kappa shape index (κ1) is 28.9. The van der Waals surface area contributed by atoms with E-state index in [1.165, 1.54) is 6.08 Å². The molecule has 1 aliphatic heterocycles. The summed E-state index contributed by atoms with van der Waals surface area (Å²) in [7, 11) is 0. The highest BCUT2D eigenvalue weighted by Crippen LogP contribution is 2.48. The Morgan fingerprint density at radius 1 is 1.00 bits per heavy atom. The van der Waals surface area contributed by atoms with Crippen molar-refractivity contribution in [3.05, 3.63) is 82.8 Å². The maximum absolute atomic E-state index is 14.3. The largest absolute Gasteiger partial charge is 0.363 e. The van der Waals surface area contributed by atoms with Gasteiger partial charge >= 0.3 is 0 Å². The minimum absolute atomic E-state index is 0.0175. The summed E-state index contributed by atoms with van der Waals surface area (Å²) in [5.41, 5.74) is 2.38. The number of halogens is 2. The predicted molar refractivity (Wildman–Crippen MR) is 158 cm³/mol. The van der Waals surface area contributed by atoms with Crippen molar-refractivity contribution in [2.75, 3.05) is 31.5 Å². The number of carbonyl (C=O) groups is 1. The Labute approximate surface area is 239 Å². The van der Waals surface area contributed by atoms with Crippen LogP contribution in [0.1, 0.15) is 69.7 Å². The van der Waals surface area contributed by atoms with Crippen molar-refractivity contribution in [2.24, 2.45) is 0 Å². The van der Waals surface area contributed by atoms with Crippen molar-refractivity contribution in [1.29, 1.82) is 0 Å². The predicted octanol–water partition coefficient (Wildman–Crippen LogP) is 5.89. The second kappa shape index (κ2) is 11.4. The van der Waals surface area contributed by atoms with Gasteiger partial charge in [0.25, 0.3) is 5.56 Å². The monoisotopic (exact) mass is 563 g/mol. The van der Waals surface area contributed by atoms with Gasteiger partial charge in [-0.3, -0.25) is 14.5 Å². The molecule has 3 heterocycles. The number of fused-ring (bicyclic) bond motifs is 1. The molecule has 1 saturated carbocycles. The van der Waals surface area contributed by atoms with Crippen LogP contribution in [0.25, 0.3) is 10.9 Å². The van der Waals surface area contributed by atoms with Crippen molar-refractivity contribution in [2.45, 2.75) is 70.0 Å². The molecule has 0 bridgehead atoms. The molecule has 7 nitrogen and oxygen atoms in total. The molecule has 1 N–H and O–H groups in total. The number of anilines is 1. The average molecular weight is 564 g/mol. The number of amides is 1. The lowest BCUT2D eigenvalue weighted by atomic mass is 9.73. The third-order valence-electron chi connectivity index (χ3n) is 8.82. The summed E-state index contributed by atoms with van der Waals surface area (Å²) >= 11 is 0. The molecule has 2 aromatic heterocycles. The standard InChI is InChI=1S/C32H39F2N5O2/c1-5-29(40)37-16-18-38(19-17-37)31(12-14-32(33,34)15-13-31)26-9-6-24(7-10-26)23(4)36-28-20-27-25(21-35-28)8-11-30(41)39(27)22(2)3/h5-11,20-23H,1,12-19H2,2-4H3,(H,35,36)/t23-/m0/s1. The molecular weight excluding hydrogens is 524 g/mol. The molecule has 0 spiro atoms. The van der Waals surface area contributed by atoms with Crippen LogP contribution in [-0.4, -0.2) is 57.4 Å². The van der Waals surface area contributed by atoms with Gasteiger partial charge in [0.2, 0.25) is 11.8 Å². The molecule has 1 saturated heterocycles. The van der Waals surface area contributed by atoms with Crippen LogP contribution < -0.4 is 10.9 Å². The zero-order chi connectivity index (χ0) is 29.4. The number of alkyl halides is 2. The number of hydrogen-bond acceptors (Lipinski definition) is 5. The first-order chi connectivity index (χ1) is 19.5. The molecule has 0 unspecified atom stereocenters. The lowest BCUT2D eigenvalue weighted by Crippen LogP contribution is -2.58. The number of nitrogens with one attached hydrogen (secondary N) is 1. The second-order valence-electron chi connectivity index (χ2n) is 11.7. The molecule has 2 aliphatic rings. The zero-order valence-corrected chi connectivity index (χ0v) is 24.1. The van der Waals surface area contributed by atoms with Gasteiger partial charge in [-0.2, -0.15) is 0 Å². The van der Waals surface area contributed by atoms with Crippen LogP contribution in [0.4, 0.5) is 14.6 Å². The van der Waals surface area contributed by atoms with Crippen LogP contribution in [-0.2, 0) is 10.3 Å². The molecule has 41 heavy (non-hydrogen) atoms. The number of hydrogen-bond donors (Lipinski definition) is 1. The topological polar surface area (TPSA) is 70.5 Å². The number of carbonyl (C=O) groups excluding carboxylic acids is 1. The molecule has 5 rings (SSSR count). The molecule has 3 aromatic rings. The number of rotatable bonds is 7. The number of pyridine rings is 2. The maximum Gasteiger partial charge on any atom is 0.251 e.